The van der Waals surface area contributed by atoms with Crippen molar-refractivity contribution in [3.63, 3.8) is 0 Å². The molecule has 0 aromatic heterocycles. The molecule has 0 fully saturated rings. The second-order valence-corrected chi connectivity index (χ2v) is 7.78. The number of primary sulfonamides is 1. The van der Waals surface area contributed by atoms with E-state index in [4.69, 9.17) is 5.14 Å². The first-order valence-corrected chi connectivity index (χ1v) is 9.10. The SMILES string of the molecule is Cc1ccc(S(N)(=O)=O)cc1C(=O)NC(C)CCCC(C)C. The number of sulfonamides is 1. The van der Waals surface area contributed by atoms with Gasteiger partial charge in [0, 0.05) is 11.6 Å². The van der Waals surface area contributed by atoms with E-state index in [9.17, 15) is 13.2 Å². The Kier molecular flexibility index (Phi) is 6.56. The molecule has 6 heteroatoms. The van der Waals surface area contributed by atoms with Gasteiger partial charge in [0.15, 0.2) is 0 Å². The number of nitrogens with two attached hydrogens (primary N) is 1. The number of hydrogen-bond acceptors (Lipinski definition) is 3. The summed E-state index contributed by atoms with van der Waals surface area (Å²) in [6.07, 6.45) is 3.08. The number of hydrogen-bond donors (Lipinski definition) is 2. The number of carbonyl (C=O) groups excluding carboxylic acids is 1. The molecule has 0 aliphatic rings. The Balaban J connectivity index is 2.77. The van der Waals surface area contributed by atoms with Gasteiger partial charge in [0.25, 0.3) is 5.91 Å². The second kappa shape index (κ2) is 7.74. The summed E-state index contributed by atoms with van der Waals surface area (Å²) in [4.78, 5) is 12.3. The van der Waals surface area contributed by atoms with Gasteiger partial charge in [0.05, 0.1) is 4.90 Å². The zero-order chi connectivity index (χ0) is 16.9. The van der Waals surface area contributed by atoms with Gasteiger partial charge in [-0.3, -0.25) is 4.79 Å². The van der Waals surface area contributed by atoms with E-state index in [1.807, 2.05) is 6.92 Å². The van der Waals surface area contributed by atoms with Gasteiger partial charge in [0.1, 0.15) is 0 Å². The summed E-state index contributed by atoms with van der Waals surface area (Å²) in [5.74, 6) is 0.386. The summed E-state index contributed by atoms with van der Waals surface area (Å²) >= 11 is 0. The summed E-state index contributed by atoms with van der Waals surface area (Å²) in [7, 11) is -3.81. The van der Waals surface area contributed by atoms with Crippen LogP contribution < -0.4 is 10.5 Å². The summed E-state index contributed by atoms with van der Waals surface area (Å²) in [6, 6.07) is 4.38. The lowest BCUT2D eigenvalue weighted by molar-refractivity contribution is 0.0937. The molecule has 0 saturated carbocycles. The van der Waals surface area contributed by atoms with E-state index >= 15 is 0 Å². The van der Waals surface area contributed by atoms with Crippen molar-refractivity contribution in [3.05, 3.63) is 29.3 Å². The first kappa shape index (κ1) is 18.6. The van der Waals surface area contributed by atoms with E-state index in [0.29, 0.717) is 11.5 Å². The topological polar surface area (TPSA) is 89.3 Å². The van der Waals surface area contributed by atoms with Gasteiger partial charge < -0.3 is 5.32 Å². The van der Waals surface area contributed by atoms with Crippen molar-refractivity contribution >= 4 is 15.9 Å². The van der Waals surface area contributed by atoms with E-state index in [1.165, 1.54) is 12.1 Å². The molecule has 0 aliphatic heterocycles. The summed E-state index contributed by atoms with van der Waals surface area (Å²) in [5, 5.41) is 8.03. The minimum Gasteiger partial charge on any atom is -0.350 e. The predicted octanol–water partition coefficient (Wildman–Crippen LogP) is 2.59. The van der Waals surface area contributed by atoms with E-state index < -0.39 is 10.0 Å². The van der Waals surface area contributed by atoms with Gasteiger partial charge in [-0.05, 0) is 43.9 Å². The van der Waals surface area contributed by atoms with Crippen molar-refractivity contribution in [1.29, 1.82) is 0 Å². The van der Waals surface area contributed by atoms with Crippen molar-refractivity contribution in [2.75, 3.05) is 0 Å². The van der Waals surface area contributed by atoms with Gasteiger partial charge >= 0.3 is 0 Å². The first-order chi connectivity index (χ1) is 10.1. The second-order valence-electron chi connectivity index (χ2n) is 6.22. The Morgan fingerprint density at radius 2 is 1.86 bits per heavy atom. The number of amides is 1. The molecule has 0 heterocycles. The molecule has 0 bridgehead atoms. The smallest absolute Gasteiger partial charge is 0.251 e. The van der Waals surface area contributed by atoms with Crippen LogP contribution in [0.1, 0.15) is 56.0 Å². The van der Waals surface area contributed by atoms with Gasteiger partial charge in [-0.1, -0.05) is 32.8 Å². The molecule has 3 N–H and O–H groups in total. The predicted molar refractivity (Wildman–Crippen MR) is 88.2 cm³/mol. The summed E-state index contributed by atoms with van der Waals surface area (Å²) < 4.78 is 22.8. The Hall–Kier alpha value is -1.40. The van der Waals surface area contributed by atoms with Crippen LogP contribution in [0, 0.1) is 12.8 Å². The largest absolute Gasteiger partial charge is 0.350 e. The van der Waals surface area contributed by atoms with Crippen LogP contribution in [0.15, 0.2) is 23.1 Å². The van der Waals surface area contributed by atoms with E-state index in [-0.39, 0.29) is 16.8 Å². The Morgan fingerprint density at radius 1 is 1.23 bits per heavy atom. The molecule has 1 unspecified atom stereocenters. The lowest BCUT2D eigenvalue weighted by atomic mass is 10.0. The van der Waals surface area contributed by atoms with Gasteiger partial charge in [-0.25, -0.2) is 13.6 Å². The van der Waals surface area contributed by atoms with Crippen molar-refractivity contribution in [1.82, 2.24) is 5.32 Å². The quantitative estimate of drug-likeness (QED) is 0.807. The molecule has 1 atom stereocenters. The third-order valence-corrected chi connectivity index (χ3v) is 4.49. The lowest BCUT2D eigenvalue weighted by Crippen LogP contribution is -2.33. The van der Waals surface area contributed by atoms with Crippen LogP contribution in [0.25, 0.3) is 0 Å². The third-order valence-electron chi connectivity index (χ3n) is 3.58. The molecule has 1 aromatic carbocycles. The maximum absolute atomic E-state index is 12.3. The molecule has 0 spiro atoms. The van der Waals surface area contributed by atoms with Crippen molar-refractivity contribution in [2.45, 2.75) is 57.9 Å². The molecule has 124 valence electrons. The Bertz CT molecular complexity index is 624. The molecule has 1 amide bonds. The molecule has 1 aromatic rings. The number of nitrogens with one attached hydrogen (secondary N) is 1. The molecule has 0 radical (unpaired) electrons. The van der Waals surface area contributed by atoms with Crippen molar-refractivity contribution in [2.24, 2.45) is 11.1 Å². The minimum absolute atomic E-state index is 0.0452. The van der Waals surface area contributed by atoms with Gasteiger partial charge in [-0.15, -0.1) is 0 Å². The zero-order valence-corrected chi connectivity index (χ0v) is 14.5. The molecule has 22 heavy (non-hydrogen) atoms. The van der Waals surface area contributed by atoms with Gasteiger partial charge in [-0.2, -0.15) is 0 Å². The third kappa shape index (κ3) is 5.77. The Morgan fingerprint density at radius 3 is 2.41 bits per heavy atom. The fraction of sp³-hybridized carbons (Fsp3) is 0.562. The van der Waals surface area contributed by atoms with Crippen LogP contribution in [0.5, 0.6) is 0 Å². The van der Waals surface area contributed by atoms with E-state index in [1.54, 1.807) is 13.0 Å². The maximum Gasteiger partial charge on any atom is 0.251 e. The number of rotatable bonds is 7. The molecule has 0 saturated heterocycles. The van der Waals surface area contributed by atoms with Crippen LogP contribution in [0.4, 0.5) is 0 Å². The first-order valence-electron chi connectivity index (χ1n) is 7.55. The van der Waals surface area contributed by atoms with Crippen molar-refractivity contribution < 1.29 is 13.2 Å². The van der Waals surface area contributed by atoms with Crippen LogP contribution in [0.2, 0.25) is 0 Å². The summed E-state index contributed by atoms with van der Waals surface area (Å²) in [6.45, 7) is 8.07. The highest BCUT2D eigenvalue weighted by atomic mass is 32.2. The fourth-order valence-corrected chi connectivity index (χ4v) is 2.77. The van der Waals surface area contributed by atoms with Crippen molar-refractivity contribution in [3.8, 4) is 0 Å². The highest BCUT2D eigenvalue weighted by Crippen LogP contribution is 2.15. The molecular weight excluding hydrogens is 300 g/mol. The van der Waals surface area contributed by atoms with E-state index in [0.717, 1.165) is 24.8 Å². The molecule has 0 aliphatic carbocycles. The highest BCUT2D eigenvalue weighted by molar-refractivity contribution is 7.89. The monoisotopic (exact) mass is 326 g/mol. The molecule has 5 nitrogen and oxygen atoms in total. The lowest BCUT2D eigenvalue weighted by Gasteiger charge is -2.16. The maximum atomic E-state index is 12.3. The van der Waals surface area contributed by atoms with Gasteiger partial charge in [0.2, 0.25) is 10.0 Å². The molecular formula is C16H26N2O3S. The normalized spacial score (nSPS) is 13.2. The zero-order valence-electron chi connectivity index (χ0n) is 13.7. The number of benzene rings is 1. The van der Waals surface area contributed by atoms with Crippen LogP contribution in [0.3, 0.4) is 0 Å². The highest BCUT2D eigenvalue weighted by Gasteiger charge is 2.16. The average molecular weight is 326 g/mol. The minimum atomic E-state index is -3.81. The van der Waals surface area contributed by atoms with E-state index in [2.05, 4.69) is 19.2 Å². The summed E-state index contributed by atoms with van der Waals surface area (Å²) in [5.41, 5.74) is 1.07. The van der Waals surface area contributed by atoms with Crippen LogP contribution >= 0.6 is 0 Å². The van der Waals surface area contributed by atoms with Crippen LogP contribution in [-0.4, -0.2) is 20.4 Å². The average Bonchev–Trinajstić information content (AvgIpc) is 2.37. The fourth-order valence-electron chi connectivity index (χ4n) is 2.23. The number of carbonyl (C=O) groups is 1. The standard InChI is InChI=1S/C16H26N2O3S/c1-11(2)6-5-7-13(4)18-16(19)15-10-14(22(17,20)21)9-8-12(15)3/h8-11,13H,5-7H2,1-4H3,(H,18,19)(H2,17,20,21). The number of aryl methyl sites for hydroxylation is 1. The van der Waals surface area contributed by atoms with Crippen LogP contribution in [-0.2, 0) is 10.0 Å². The molecule has 1 rings (SSSR count). The Labute approximate surface area is 133 Å².